The van der Waals surface area contributed by atoms with Gasteiger partial charge in [0.1, 0.15) is 0 Å². The number of hydrogen-bond donors (Lipinski definition) is 0. The van der Waals surface area contributed by atoms with Crippen LogP contribution >= 0.6 is 27.3 Å². The maximum atomic E-state index is 12.5. The molecule has 0 unspecified atom stereocenters. The molecule has 1 saturated heterocycles. The molecule has 0 atom stereocenters. The number of carbonyl (C=O) groups is 1. The quantitative estimate of drug-likeness (QED) is 0.808. The largest absolute Gasteiger partial charge is 0.336 e. The molecule has 1 aliphatic rings. The monoisotopic (exact) mass is 389 g/mol. The number of nitrogens with zero attached hydrogens (tertiary/aromatic N) is 3. The molecule has 6 heteroatoms. The van der Waals surface area contributed by atoms with Crippen molar-refractivity contribution in [2.45, 2.75) is 6.54 Å². The normalized spacial score (nSPS) is 15.4. The molecule has 0 radical (unpaired) electrons. The molecule has 1 aliphatic heterocycles. The predicted molar refractivity (Wildman–Crippen MR) is 94.4 cm³/mol. The molecular formula is C17H16BrN3OS. The van der Waals surface area contributed by atoms with E-state index in [2.05, 4.69) is 39.0 Å². The maximum absolute atomic E-state index is 12.5. The average Bonchev–Trinajstić information content (AvgIpc) is 3.00. The van der Waals surface area contributed by atoms with Crippen LogP contribution in [0.4, 0.5) is 0 Å². The highest BCUT2D eigenvalue weighted by Gasteiger charge is 2.22. The average molecular weight is 390 g/mol. The third kappa shape index (κ3) is 3.99. The number of rotatable bonds is 3. The number of amides is 1. The van der Waals surface area contributed by atoms with E-state index in [0.29, 0.717) is 11.1 Å². The minimum Gasteiger partial charge on any atom is -0.336 e. The number of piperazine rings is 1. The molecule has 118 valence electrons. The van der Waals surface area contributed by atoms with Crippen molar-refractivity contribution in [1.82, 2.24) is 9.80 Å². The minimum atomic E-state index is 0.0145. The van der Waals surface area contributed by atoms with Crippen LogP contribution in [0.5, 0.6) is 0 Å². The molecule has 3 rings (SSSR count). The molecule has 2 heterocycles. The molecule has 0 aliphatic carbocycles. The highest BCUT2D eigenvalue weighted by Crippen LogP contribution is 2.23. The summed E-state index contributed by atoms with van der Waals surface area (Å²) in [6.45, 7) is 4.13. The van der Waals surface area contributed by atoms with Crippen molar-refractivity contribution in [1.29, 1.82) is 5.26 Å². The zero-order valence-corrected chi connectivity index (χ0v) is 14.9. The fourth-order valence-electron chi connectivity index (χ4n) is 2.67. The second-order valence-corrected chi connectivity index (χ2v) is 8.01. The van der Waals surface area contributed by atoms with Crippen molar-refractivity contribution >= 4 is 33.2 Å². The molecule has 1 fully saturated rings. The molecule has 0 bridgehead atoms. The van der Waals surface area contributed by atoms with Crippen LogP contribution in [0.1, 0.15) is 20.8 Å². The van der Waals surface area contributed by atoms with E-state index < -0.39 is 0 Å². The molecule has 1 amide bonds. The lowest BCUT2D eigenvalue weighted by Gasteiger charge is -2.34. The van der Waals surface area contributed by atoms with Crippen LogP contribution in [-0.2, 0) is 6.54 Å². The van der Waals surface area contributed by atoms with Gasteiger partial charge in [0, 0.05) is 43.2 Å². The fraction of sp³-hybridized carbons (Fsp3) is 0.294. The summed E-state index contributed by atoms with van der Waals surface area (Å²) in [6.07, 6.45) is 0. The van der Waals surface area contributed by atoms with Crippen LogP contribution in [0.2, 0.25) is 0 Å². The zero-order valence-electron chi connectivity index (χ0n) is 12.5. The summed E-state index contributed by atoms with van der Waals surface area (Å²) in [6, 6.07) is 13.2. The molecule has 0 saturated carbocycles. The Balaban J connectivity index is 1.58. The molecule has 4 nitrogen and oxygen atoms in total. The van der Waals surface area contributed by atoms with Gasteiger partial charge in [-0.05, 0) is 46.3 Å². The van der Waals surface area contributed by atoms with E-state index in [1.165, 1.54) is 4.88 Å². The van der Waals surface area contributed by atoms with Crippen LogP contribution in [0, 0.1) is 11.3 Å². The third-order valence-electron chi connectivity index (χ3n) is 3.91. The fourth-order valence-corrected chi connectivity index (χ4v) is 4.20. The first-order valence-electron chi connectivity index (χ1n) is 7.42. The Morgan fingerprint density at radius 3 is 2.65 bits per heavy atom. The van der Waals surface area contributed by atoms with Crippen LogP contribution in [-0.4, -0.2) is 41.9 Å². The predicted octanol–water partition coefficient (Wildman–Crippen LogP) is 3.34. The van der Waals surface area contributed by atoms with Crippen LogP contribution in [0.25, 0.3) is 0 Å². The number of hydrogen-bond acceptors (Lipinski definition) is 4. The van der Waals surface area contributed by atoms with E-state index in [4.69, 9.17) is 5.26 Å². The molecule has 0 spiro atoms. The first kappa shape index (κ1) is 16.2. The molecular weight excluding hydrogens is 374 g/mol. The van der Waals surface area contributed by atoms with E-state index in [1.54, 1.807) is 35.6 Å². The first-order chi connectivity index (χ1) is 11.2. The van der Waals surface area contributed by atoms with Gasteiger partial charge in [-0.15, -0.1) is 11.3 Å². The molecule has 1 aromatic carbocycles. The lowest BCUT2D eigenvalue weighted by molar-refractivity contribution is 0.0629. The highest BCUT2D eigenvalue weighted by molar-refractivity contribution is 9.11. The maximum Gasteiger partial charge on any atom is 0.253 e. The van der Waals surface area contributed by atoms with Crippen molar-refractivity contribution < 1.29 is 4.79 Å². The minimum absolute atomic E-state index is 0.0145. The summed E-state index contributed by atoms with van der Waals surface area (Å²) < 4.78 is 1.15. The number of halogens is 1. The Bertz CT molecular complexity index is 744. The van der Waals surface area contributed by atoms with Gasteiger partial charge in [-0.3, -0.25) is 9.69 Å². The summed E-state index contributed by atoms with van der Waals surface area (Å²) in [5, 5.41) is 8.95. The second kappa shape index (κ2) is 7.26. The Morgan fingerprint density at radius 1 is 1.22 bits per heavy atom. The van der Waals surface area contributed by atoms with Gasteiger partial charge >= 0.3 is 0 Å². The van der Waals surface area contributed by atoms with Crippen molar-refractivity contribution in [2.24, 2.45) is 0 Å². The Kier molecular flexibility index (Phi) is 5.11. The standard InChI is InChI=1S/C17H16BrN3OS/c18-16-5-4-15(23-16)12-20-6-8-21(9-7-20)17(22)14-3-1-2-13(10-14)11-19/h1-5,10H,6-9,12H2. The van der Waals surface area contributed by atoms with Gasteiger partial charge in [0.2, 0.25) is 0 Å². The molecule has 1 aromatic heterocycles. The number of carbonyl (C=O) groups excluding carboxylic acids is 1. The van der Waals surface area contributed by atoms with Gasteiger partial charge in [0.05, 0.1) is 15.4 Å². The number of thiophene rings is 1. The number of benzene rings is 1. The zero-order chi connectivity index (χ0) is 16.2. The smallest absolute Gasteiger partial charge is 0.253 e. The summed E-state index contributed by atoms with van der Waals surface area (Å²) in [7, 11) is 0. The Hall–Kier alpha value is -1.68. The summed E-state index contributed by atoms with van der Waals surface area (Å²) in [4.78, 5) is 18.1. The van der Waals surface area contributed by atoms with E-state index in [-0.39, 0.29) is 5.91 Å². The van der Waals surface area contributed by atoms with Gasteiger partial charge in [-0.1, -0.05) is 6.07 Å². The van der Waals surface area contributed by atoms with E-state index >= 15 is 0 Å². The number of nitriles is 1. The van der Waals surface area contributed by atoms with E-state index in [1.807, 2.05) is 4.90 Å². The second-order valence-electron chi connectivity index (χ2n) is 5.47. The van der Waals surface area contributed by atoms with Gasteiger partial charge in [-0.25, -0.2) is 0 Å². The summed E-state index contributed by atoms with van der Waals surface area (Å²) >= 11 is 5.24. The summed E-state index contributed by atoms with van der Waals surface area (Å²) in [5.41, 5.74) is 1.12. The van der Waals surface area contributed by atoms with E-state index in [0.717, 1.165) is 36.5 Å². The van der Waals surface area contributed by atoms with Crippen LogP contribution in [0.15, 0.2) is 40.2 Å². The Morgan fingerprint density at radius 2 is 2.00 bits per heavy atom. The van der Waals surface area contributed by atoms with E-state index in [9.17, 15) is 4.79 Å². The lowest BCUT2D eigenvalue weighted by Crippen LogP contribution is -2.48. The van der Waals surface area contributed by atoms with Gasteiger partial charge in [0.25, 0.3) is 5.91 Å². The van der Waals surface area contributed by atoms with Crippen LogP contribution in [0.3, 0.4) is 0 Å². The van der Waals surface area contributed by atoms with Gasteiger partial charge in [-0.2, -0.15) is 5.26 Å². The van der Waals surface area contributed by atoms with Gasteiger partial charge < -0.3 is 4.90 Å². The van der Waals surface area contributed by atoms with Gasteiger partial charge in [0.15, 0.2) is 0 Å². The summed E-state index contributed by atoms with van der Waals surface area (Å²) in [5.74, 6) is 0.0145. The third-order valence-corrected chi connectivity index (χ3v) is 5.51. The highest BCUT2D eigenvalue weighted by atomic mass is 79.9. The molecule has 23 heavy (non-hydrogen) atoms. The van der Waals surface area contributed by atoms with Crippen LogP contribution < -0.4 is 0 Å². The topological polar surface area (TPSA) is 47.3 Å². The van der Waals surface area contributed by atoms with Crippen molar-refractivity contribution in [3.05, 3.63) is 56.2 Å². The first-order valence-corrected chi connectivity index (χ1v) is 9.02. The molecule has 0 N–H and O–H groups in total. The molecule has 2 aromatic rings. The SMILES string of the molecule is N#Cc1cccc(C(=O)N2CCN(Cc3ccc(Br)s3)CC2)c1. The Labute approximate surface area is 148 Å². The van der Waals surface area contributed by atoms with Crippen molar-refractivity contribution in [3.8, 4) is 6.07 Å². The van der Waals surface area contributed by atoms with Crippen molar-refractivity contribution in [2.75, 3.05) is 26.2 Å². The lowest BCUT2D eigenvalue weighted by atomic mass is 10.1. The van der Waals surface area contributed by atoms with Crippen molar-refractivity contribution in [3.63, 3.8) is 0 Å².